The summed E-state index contributed by atoms with van der Waals surface area (Å²) in [6.45, 7) is 5.03. The lowest BCUT2D eigenvalue weighted by Crippen LogP contribution is -2.14. The van der Waals surface area contributed by atoms with Gasteiger partial charge in [0.05, 0.1) is 18.5 Å². The van der Waals surface area contributed by atoms with Crippen LogP contribution in [0.1, 0.15) is 47.3 Å². The third-order valence-corrected chi connectivity index (χ3v) is 8.85. The third-order valence-electron chi connectivity index (χ3n) is 8.85. The number of oxime groups is 2. The Morgan fingerprint density at radius 2 is 1.33 bits per heavy atom. The molecule has 0 bridgehead atoms. The van der Waals surface area contributed by atoms with E-state index in [1.54, 1.807) is 77.6 Å². The lowest BCUT2D eigenvalue weighted by Gasteiger charge is -2.11. The molecule has 0 radical (unpaired) electrons. The average Bonchev–Trinajstić information content (AvgIpc) is 3.64. The number of benzene rings is 4. The van der Waals surface area contributed by atoms with Gasteiger partial charge in [0.1, 0.15) is 54.3 Å². The second kappa shape index (κ2) is 22.5. The van der Waals surface area contributed by atoms with E-state index in [-0.39, 0.29) is 25.1 Å². The molecule has 15 heteroatoms. The molecule has 7 rings (SSSR count). The van der Waals surface area contributed by atoms with Gasteiger partial charge in [-0.25, -0.2) is 19.2 Å². The van der Waals surface area contributed by atoms with Crippen LogP contribution in [0.15, 0.2) is 156 Å². The molecular weight excluding hydrogens is 810 g/mol. The number of hydrogen-bond donors (Lipinski definition) is 2. The number of fused-ring (bicyclic) bond motifs is 1. The van der Waals surface area contributed by atoms with Crippen LogP contribution in [0.25, 0.3) is 10.9 Å². The predicted molar refractivity (Wildman–Crippen MR) is 235 cm³/mol. The van der Waals surface area contributed by atoms with E-state index in [0.29, 0.717) is 70.1 Å². The van der Waals surface area contributed by atoms with Gasteiger partial charge in [-0.05, 0) is 85.6 Å². The molecule has 7 aromatic rings. The van der Waals surface area contributed by atoms with E-state index < -0.39 is 17.8 Å². The van der Waals surface area contributed by atoms with Gasteiger partial charge in [0.25, 0.3) is 0 Å². The molecule has 322 valence electrons. The van der Waals surface area contributed by atoms with Crippen molar-refractivity contribution in [1.29, 1.82) is 0 Å². The number of halogens is 1. The number of rotatable bonds is 19. The number of carboxylic acid groups (broad SMARTS) is 2. The summed E-state index contributed by atoms with van der Waals surface area (Å²) in [4.78, 5) is 41.7. The van der Waals surface area contributed by atoms with Gasteiger partial charge in [-0.1, -0.05) is 65.8 Å². The van der Waals surface area contributed by atoms with Gasteiger partial charge in [-0.15, -0.1) is 0 Å². The number of aliphatic carboxylic acids is 1. The molecule has 0 amide bonds. The Labute approximate surface area is 362 Å². The highest BCUT2D eigenvalue weighted by molar-refractivity contribution is 6.05. The second-order valence-electron chi connectivity index (χ2n) is 13.6. The molecule has 2 N–H and O–H groups in total. The summed E-state index contributed by atoms with van der Waals surface area (Å²) in [6.07, 6.45) is 5.54. The van der Waals surface area contributed by atoms with Crippen molar-refractivity contribution < 1.29 is 48.1 Å². The van der Waals surface area contributed by atoms with E-state index >= 15 is 0 Å². The first-order chi connectivity index (χ1) is 30.7. The van der Waals surface area contributed by atoms with Crippen LogP contribution in [0, 0.1) is 5.82 Å². The van der Waals surface area contributed by atoms with Crippen LogP contribution in [0.4, 0.5) is 4.39 Å². The lowest BCUT2D eigenvalue weighted by atomic mass is 10.1. The second-order valence-corrected chi connectivity index (χ2v) is 13.6. The van der Waals surface area contributed by atoms with Crippen LogP contribution in [0.3, 0.4) is 0 Å². The molecule has 0 saturated heterocycles. The maximum atomic E-state index is 13.7. The molecule has 0 aliphatic carbocycles. The zero-order valence-corrected chi connectivity index (χ0v) is 34.5. The molecule has 0 aliphatic rings. The Bertz CT molecular complexity index is 2670. The van der Waals surface area contributed by atoms with E-state index in [2.05, 4.69) is 20.3 Å². The lowest BCUT2D eigenvalue weighted by molar-refractivity contribution is -0.136. The monoisotopic (exact) mass is 853 g/mol. The number of nitrogens with zero attached hydrogens (tertiary/aromatic N) is 5. The number of hydrogen-bond acceptors (Lipinski definition) is 11. The number of carbonyl (C=O) groups is 2. The Morgan fingerprint density at radius 3 is 1.94 bits per heavy atom. The number of aromatic carboxylic acids is 1. The third kappa shape index (κ3) is 13.2. The Balaban J connectivity index is 0.000000210. The largest absolute Gasteiger partial charge is 0.487 e. The minimum Gasteiger partial charge on any atom is -0.487 e. The standard InChI is InChI=1S/C24H20FN3O4.C24H24N2O5/c1-2-31-27-21(16-6-5-7-18(12-16)32-23-8-3-4-11-26-23)15-28-14-20(24(29)30)19-13-17(25)9-10-22(19)28;1-2-13-30-26-22(17-29-20-9-5-7-18(14-20)15-24(27)28)19-8-6-10-21(16-19)31-23-11-3-4-12-25-23/h3-14H,2,15H2,1H3,(H,29,30);3-12,14,16H,2,13,15,17H2,1H3,(H,27,28)/b27-21+;26-22+. The molecular formula is C48H44FN5O9. The van der Waals surface area contributed by atoms with Crippen molar-refractivity contribution in [3.8, 4) is 29.0 Å². The quantitative estimate of drug-likeness (QED) is 0.0450. The fourth-order valence-corrected chi connectivity index (χ4v) is 6.03. The van der Waals surface area contributed by atoms with E-state index in [4.69, 9.17) is 29.0 Å². The van der Waals surface area contributed by atoms with Crippen LogP contribution in [-0.2, 0) is 27.4 Å². The highest BCUT2D eigenvalue weighted by atomic mass is 19.1. The van der Waals surface area contributed by atoms with Crippen LogP contribution in [-0.4, -0.2) is 67.9 Å². The Morgan fingerprint density at radius 1 is 0.698 bits per heavy atom. The van der Waals surface area contributed by atoms with Gasteiger partial charge in [-0.2, -0.15) is 0 Å². The smallest absolute Gasteiger partial charge is 0.337 e. The topological polar surface area (TPSA) is 176 Å². The van der Waals surface area contributed by atoms with Crippen LogP contribution < -0.4 is 14.2 Å². The molecule has 0 atom stereocenters. The van der Waals surface area contributed by atoms with Crippen molar-refractivity contribution in [2.24, 2.45) is 10.3 Å². The molecule has 3 heterocycles. The summed E-state index contributed by atoms with van der Waals surface area (Å²) in [6, 6.07) is 36.6. The number of aromatic nitrogens is 3. The molecule has 0 unspecified atom stereocenters. The molecule has 0 saturated carbocycles. The van der Waals surface area contributed by atoms with Crippen LogP contribution >= 0.6 is 0 Å². The number of ether oxygens (including phenoxy) is 3. The summed E-state index contributed by atoms with van der Waals surface area (Å²) in [5.41, 5.74) is 3.91. The summed E-state index contributed by atoms with van der Waals surface area (Å²) in [5.74, 6) is 0.164. The fraction of sp³-hybridized carbons (Fsp3) is 0.167. The fourth-order valence-electron chi connectivity index (χ4n) is 6.03. The van der Waals surface area contributed by atoms with Crippen LogP contribution in [0.5, 0.6) is 29.0 Å². The first-order valence-corrected chi connectivity index (χ1v) is 19.9. The molecule has 0 aliphatic heterocycles. The molecule has 63 heavy (non-hydrogen) atoms. The maximum absolute atomic E-state index is 13.7. The molecule has 14 nitrogen and oxygen atoms in total. The number of pyridine rings is 2. The summed E-state index contributed by atoms with van der Waals surface area (Å²) < 4.78 is 32.9. The highest BCUT2D eigenvalue weighted by Gasteiger charge is 2.18. The van der Waals surface area contributed by atoms with Gasteiger partial charge in [-0.3, -0.25) is 4.79 Å². The van der Waals surface area contributed by atoms with Crippen molar-refractivity contribution in [2.45, 2.75) is 33.2 Å². The van der Waals surface area contributed by atoms with E-state index in [0.717, 1.165) is 17.5 Å². The molecule has 0 spiro atoms. The zero-order chi connectivity index (χ0) is 44.4. The van der Waals surface area contributed by atoms with Gasteiger partial charge < -0.3 is 38.7 Å². The first-order valence-electron chi connectivity index (χ1n) is 19.9. The van der Waals surface area contributed by atoms with E-state index in [1.807, 2.05) is 68.4 Å². The molecule has 0 fully saturated rings. The summed E-state index contributed by atoms with van der Waals surface area (Å²) in [7, 11) is 0. The Kier molecular flexibility index (Phi) is 15.9. The van der Waals surface area contributed by atoms with Crippen molar-refractivity contribution in [3.05, 3.63) is 174 Å². The van der Waals surface area contributed by atoms with Crippen molar-refractivity contribution in [2.75, 3.05) is 19.8 Å². The molecule has 4 aromatic carbocycles. The van der Waals surface area contributed by atoms with Gasteiger partial charge in [0.15, 0.2) is 0 Å². The van der Waals surface area contributed by atoms with Crippen LogP contribution in [0.2, 0.25) is 0 Å². The number of carboxylic acids is 2. The van der Waals surface area contributed by atoms with Gasteiger partial charge in [0, 0.05) is 52.8 Å². The van der Waals surface area contributed by atoms with Crippen molar-refractivity contribution >= 4 is 34.3 Å². The van der Waals surface area contributed by atoms with E-state index in [1.165, 1.54) is 18.3 Å². The SMILES string of the molecule is CCCO/N=C(\COc1cccc(CC(=O)O)c1)c1cccc(Oc2ccccn2)c1.CCO/N=C(\Cn1cc(C(=O)O)c2cc(F)ccc21)c1cccc(Oc2ccccn2)c1. The van der Waals surface area contributed by atoms with Crippen molar-refractivity contribution in [3.63, 3.8) is 0 Å². The van der Waals surface area contributed by atoms with Gasteiger partial charge >= 0.3 is 11.9 Å². The Hall–Kier alpha value is -8.07. The zero-order valence-electron chi connectivity index (χ0n) is 34.5. The minimum atomic E-state index is -1.13. The summed E-state index contributed by atoms with van der Waals surface area (Å²) >= 11 is 0. The highest BCUT2D eigenvalue weighted by Crippen LogP contribution is 2.26. The maximum Gasteiger partial charge on any atom is 0.337 e. The van der Waals surface area contributed by atoms with Gasteiger partial charge in [0.2, 0.25) is 11.8 Å². The normalized spacial score (nSPS) is 11.3. The van der Waals surface area contributed by atoms with E-state index in [9.17, 15) is 19.1 Å². The minimum absolute atomic E-state index is 0.0162. The summed E-state index contributed by atoms with van der Waals surface area (Å²) in [5, 5.41) is 27.3. The first kappa shape index (κ1) is 44.5. The average molecular weight is 854 g/mol. The predicted octanol–water partition coefficient (Wildman–Crippen LogP) is 9.82. The molecule has 3 aromatic heterocycles. The van der Waals surface area contributed by atoms with Crippen molar-refractivity contribution in [1.82, 2.24) is 14.5 Å².